The van der Waals surface area contributed by atoms with Crippen molar-refractivity contribution in [2.24, 2.45) is 4.99 Å². The summed E-state index contributed by atoms with van der Waals surface area (Å²) in [5, 5.41) is 11.5. The third-order valence-corrected chi connectivity index (χ3v) is 4.35. The van der Waals surface area contributed by atoms with Crippen LogP contribution in [0.4, 0.5) is 8.78 Å². The Morgan fingerprint density at radius 3 is 2.69 bits per heavy atom. The second kappa shape index (κ2) is 12.0. The lowest BCUT2D eigenvalue weighted by molar-refractivity contribution is -0.0498. The summed E-state index contributed by atoms with van der Waals surface area (Å²) in [6.07, 6.45) is 4.67. The molecule has 0 aliphatic carbocycles. The second-order valence-electron chi connectivity index (χ2n) is 6.66. The normalized spacial score (nSPS) is 11.7. The van der Waals surface area contributed by atoms with Crippen molar-refractivity contribution in [3.63, 3.8) is 0 Å². The van der Waals surface area contributed by atoms with Gasteiger partial charge >= 0.3 is 6.61 Å². The van der Waals surface area contributed by atoms with Crippen LogP contribution >= 0.6 is 0 Å². The molecule has 0 fully saturated rings. The number of nitrogens with zero attached hydrogens (tertiary/aromatic N) is 5. The van der Waals surface area contributed by atoms with Gasteiger partial charge in [-0.25, -0.2) is 0 Å². The molecule has 7 nitrogen and oxygen atoms in total. The quantitative estimate of drug-likeness (QED) is 0.351. The highest BCUT2D eigenvalue weighted by atomic mass is 19.3. The number of nitrogens with one attached hydrogen (secondary N) is 1. The van der Waals surface area contributed by atoms with Crippen molar-refractivity contribution in [3.8, 4) is 5.75 Å². The van der Waals surface area contributed by atoms with Gasteiger partial charge in [0.05, 0.1) is 0 Å². The smallest absolute Gasteiger partial charge is 0.387 e. The highest BCUT2D eigenvalue weighted by molar-refractivity contribution is 5.79. The number of rotatable bonds is 11. The lowest BCUT2D eigenvalue weighted by Gasteiger charge is -2.23. The van der Waals surface area contributed by atoms with Crippen LogP contribution < -0.4 is 10.1 Å². The molecule has 0 atom stereocenters. The number of ether oxygens (including phenoxy) is 1. The highest BCUT2D eigenvalue weighted by Gasteiger charge is 2.09. The zero-order chi connectivity index (χ0) is 21.1. The van der Waals surface area contributed by atoms with E-state index >= 15 is 0 Å². The lowest BCUT2D eigenvalue weighted by Crippen LogP contribution is -2.40. The van der Waals surface area contributed by atoms with E-state index in [0.29, 0.717) is 13.1 Å². The molecule has 0 aliphatic heterocycles. The van der Waals surface area contributed by atoms with Crippen molar-refractivity contribution in [2.45, 2.75) is 52.8 Å². The van der Waals surface area contributed by atoms with Gasteiger partial charge in [0.15, 0.2) is 5.96 Å². The predicted molar refractivity (Wildman–Crippen MR) is 109 cm³/mol. The summed E-state index contributed by atoms with van der Waals surface area (Å²) in [5.41, 5.74) is 0.978. The van der Waals surface area contributed by atoms with E-state index in [1.807, 2.05) is 16.5 Å². The van der Waals surface area contributed by atoms with Crippen molar-refractivity contribution in [1.82, 2.24) is 25.0 Å². The van der Waals surface area contributed by atoms with Crippen LogP contribution in [0, 0.1) is 0 Å². The Morgan fingerprint density at radius 2 is 2.03 bits per heavy atom. The summed E-state index contributed by atoms with van der Waals surface area (Å²) in [5.74, 6) is 1.91. The van der Waals surface area contributed by atoms with Crippen molar-refractivity contribution < 1.29 is 13.5 Å². The number of unbranched alkanes of at least 4 members (excludes halogenated alkanes) is 1. The standard InChI is InChI=1S/C20H30F2N6O/c1-4-6-11-23-20(24-12-13-28-15-25-26-18(28)5-2)27(3)14-16-7-9-17(10-8-16)29-19(21)22/h7-10,15,19H,4-6,11-14H2,1-3H3,(H,23,24). The molecule has 9 heteroatoms. The molecule has 0 saturated carbocycles. The summed E-state index contributed by atoms with van der Waals surface area (Å²) in [7, 11) is 1.96. The Labute approximate surface area is 170 Å². The number of halogens is 2. The van der Waals surface area contributed by atoms with Crippen LogP contribution in [0.25, 0.3) is 0 Å². The monoisotopic (exact) mass is 408 g/mol. The van der Waals surface area contributed by atoms with Gasteiger partial charge < -0.3 is 19.5 Å². The minimum atomic E-state index is -2.82. The van der Waals surface area contributed by atoms with Gasteiger partial charge in [-0.05, 0) is 24.1 Å². The first-order chi connectivity index (χ1) is 14.0. The first-order valence-corrected chi connectivity index (χ1v) is 9.93. The number of hydrogen-bond acceptors (Lipinski definition) is 4. The Bertz CT molecular complexity index is 748. The third-order valence-electron chi connectivity index (χ3n) is 4.35. The number of aromatic nitrogens is 3. The van der Waals surface area contributed by atoms with Crippen LogP contribution in [0.1, 0.15) is 38.1 Å². The van der Waals surface area contributed by atoms with Crippen molar-refractivity contribution in [2.75, 3.05) is 20.1 Å². The average Bonchev–Trinajstić information content (AvgIpc) is 3.15. The molecule has 2 rings (SSSR count). The highest BCUT2D eigenvalue weighted by Crippen LogP contribution is 2.15. The summed E-state index contributed by atoms with van der Waals surface area (Å²) in [4.78, 5) is 6.71. The minimum Gasteiger partial charge on any atom is -0.435 e. The molecule has 0 amide bonds. The van der Waals surface area contributed by atoms with Crippen LogP contribution in [0.5, 0.6) is 5.75 Å². The van der Waals surface area contributed by atoms with Gasteiger partial charge in [0.2, 0.25) is 0 Å². The summed E-state index contributed by atoms with van der Waals surface area (Å²) in [6.45, 7) is 4.16. The number of aryl methyl sites for hydroxylation is 1. The first-order valence-electron chi connectivity index (χ1n) is 9.93. The van der Waals surface area contributed by atoms with E-state index in [0.717, 1.165) is 49.7 Å². The zero-order valence-electron chi connectivity index (χ0n) is 17.3. The summed E-state index contributed by atoms with van der Waals surface area (Å²) in [6, 6.07) is 6.66. The van der Waals surface area contributed by atoms with Gasteiger partial charge in [-0.15, -0.1) is 10.2 Å². The van der Waals surface area contributed by atoms with Crippen LogP contribution in [0.15, 0.2) is 35.6 Å². The molecular weight excluding hydrogens is 378 g/mol. The molecule has 0 aliphatic rings. The molecule has 0 saturated heterocycles. The molecule has 2 aromatic rings. The maximum absolute atomic E-state index is 12.3. The molecular formula is C20H30F2N6O. The fourth-order valence-corrected chi connectivity index (χ4v) is 2.81. The fraction of sp³-hybridized carbons (Fsp3) is 0.550. The van der Waals surface area contributed by atoms with Crippen LogP contribution in [-0.2, 0) is 19.5 Å². The average molecular weight is 408 g/mol. The van der Waals surface area contributed by atoms with E-state index in [4.69, 9.17) is 4.99 Å². The molecule has 0 unspecified atom stereocenters. The largest absolute Gasteiger partial charge is 0.435 e. The van der Waals surface area contributed by atoms with Crippen molar-refractivity contribution >= 4 is 5.96 Å². The summed E-state index contributed by atoms with van der Waals surface area (Å²) >= 11 is 0. The molecule has 0 bridgehead atoms. The van der Waals surface area contributed by atoms with E-state index < -0.39 is 6.61 Å². The van der Waals surface area contributed by atoms with Gasteiger partial charge in [-0.2, -0.15) is 8.78 Å². The number of hydrogen-bond donors (Lipinski definition) is 1. The first kappa shape index (κ1) is 22.6. The SMILES string of the molecule is CCCCN=C(NCCn1cnnc1CC)N(C)Cc1ccc(OC(F)F)cc1. The van der Waals surface area contributed by atoms with E-state index in [2.05, 4.69) is 34.1 Å². The summed E-state index contributed by atoms with van der Waals surface area (Å²) < 4.78 is 31.0. The molecule has 1 aromatic heterocycles. The molecule has 1 aromatic carbocycles. The lowest BCUT2D eigenvalue weighted by atomic mass is 10.2. The van der Waals surface area contributed by atoms with E-state index in [1.54, 1.807) is 30.6 Å². The van der Waals surface area contributed by atoms with Gasteiger partial charge in [0.25, 0.3) is 0 Å². The Morgan fingerprint density at radius 1 is 1.28 bits per heavy atom. The van der Waals surface area contributed by atoms with Gasteiger partial charge in [0.1, 0.15) is 17.9 Å². The number of aliphatic imine (C=N–C) groups is 1. The van der Waals surface area contributed by atoms with E-state index in [9.17, 15) is 8.78 Å². The Kier molecular flexibility index (Phi) is 9.33. The van der Waals surface area contributed by atoms with Crippen LogP contribution in [-0.4, -0.2) is 52.4 Å². The molecule has 29 heavy (non-hydrogen) atoms. The number of benzene rings is 1. The van der Waals surface area contributed by atoms with E-state index in [1.165, 1.54) is 0 Å². The van der Waals surface area contributed by atoms with Crippen molar-refractivity contribution in [1.29, 1.82) is 0 Å². The molecule has 1 heterocycles. The predicted octanol–water partition coefficient (Wildman–Crippen LogP) is 3.32. The van der Waals surface area contributed by atoms with E-state index in [-0.39, 0.29) is 5.75 Å². The topological polar surface area (TPSA) is 67.6 Å². The van der Waals surface area contributed by atoms with Gasteiger partial charge in [0, 0.05) is 39.6 Å². The molecule has 0 spiro atoms. The maximum atomic E-state index is 12.3. The second-order valence-corrected chi connectivity index (χ2v) is 6.66. The number of alkyl halides is 2. The zero-order valence-corrected chi connectivity index (χ0v) is 17.3. The molecule has 1 N–H and O–H groups in total. The molecule has 160 valence electrons. The van der Waals surface area contributed by atoms with Gasteiger partial charge in [-0.1, -0.05) is 32.4 Å². The van der Waals surface area contributed by atoms with Crippen LogP contribution in [0.2, 0.25) is 0 Å². The fourth-order valence-electron chi connectivity index (χ4n) is 2.81. The van der Waals surface area contributed by atoms with Crippen LogP contribution in [0.3, 0.4) is 0 Å². The maximum Gasteiger partial charge on any atom is 0.387 e. The van der Waals surface area contributed by atoms with Crippen molar-refractivity contribution in [3.05, 3.63) is 42.0 Å². The Balaban J connectivity index is 1.95. The number of guanidine groups is 1. The molecule has 0 radical (unpaired) electrons. The third kappa shape index (κ3) is 7.67. The van der Waals surface area contributed by atoms with Gasteiger partial charge in [-0.3, -0.25) is 4.99 Å². The Hall–Kier alpha value is -2.71. The minimum absolute atomic E-state index is 0.155.